The van der Waals surface area contributed by atoms with Crippen LogP contribution in [0.3, 0.4) is 0 Å². The molecule has 27 heavy (non-hydrogen) atoms. The van der Waals surface area contributed by atoms with Crippen molar-refractivity contribution in [2.75, 3.05) is 30.9 Å². The van der Waals surface area contributed by atoms with Crippen LogP contribution in [0.1, 0.15) is 22.3 Å². The molecule has 0 radical (unpaired) electrons. The fourth-order valence-corrected chi connectivity index (χ4v) is 2.91. The van der Waals surface area contributed by atoms with Gasteiger partial charge in [-0.25, -0.2) is 4.79 Å². The predicted molar refractivity (Wildman–Crippen MR) is 110 cm³/mol. The van der Waals surface area contributed by atoms with Gasteiger partial charge in [-0.05, 0) is 49.6 Å². The number of aryl methyl sites for hydroxylation is 3. The second-order valence-electron chi connectivity index (χ2n) is 6.92. The molecule has 0 aliphatic rings. The Morgan fingerprint density at radius 1 is 0.963 bits per heavy atom. The van der Waals surface area contributed by atoms with Crippen LogP contribution in [-0.4, -0.2) is 32.6 Å². The molecular weight excluding hydrogens is 340 g/mol. The van der Waals surface area contributed by atoms with Gasteiger partial charge >= 0.3 is 6.03 Å². The number of hydrogen-bond acceptors (Lipinski definition) is 3. The number of anilines is 2. The smallest absolute Gasteiger partial charge is 0.315 e. The Kier molecular flexibility index (Phi) is 6.82. The van der Waals surface area contributed by atoms with Gasteiger partial charge < -0.3 is 20.9 Å². The lowest BCUT2D eigenvalue weighted by atomic mass is 10.1. The lowest BCUT2D eigenvalue weighted by Crippen LogP contribution is -2.39. The molecule has 2 aromatic rings. The van der Waals surface area contributed by atoms with E-state index in [9.17, 15) is 9.59 Å². The minimum atomic E-state index is -0.377. The summed E-state index contributed by atoms with van der Waals surface area (Å²) >= 11 is 0. The predicted octanol–water partition coefficient (Wildman–Crippen LogP) is 3.12. The van der Waals surface area contributed by atoms with Gasteiger partial charge in [0.05, 0.1) is 6.54 Å². The second-order valence-corrected chi connectivity index (χ2v) is 6.92. The van der Waals surface area contributed by atoms with E-state index >= 15 is 0 Å². The molecule has 0 heterocycles. The van der Waals surface area contributed by atoms with Crippen molar-refractivity contribution in [1.29, 1.82) is 0 Å². The molecule has 0 saturated heterocycles. The highest BCUT2D eigenvalue weighted by atomic mass is 16.2. The number of urea groups is 1. The summed E-state index contributed by atoms with van der Waals surface area (Å²) < 4.78 is 0. The summed E-state index contributed by atoms with van der Waals surface area (Å²) in [7, 11) is 3.94. The van der Waals surface area contributed by atoms with Crippen LogP contribution < -0.4 is 20.9 Å². The molecule has 6 heteroatoms. The number of rotatable bonds is 6. The van der Waals surface area contributed by atoms with E-state index in [1.165, 1.54) is 0 Å². The van der Waals surface area contributed by atoms with E-state index in [2.05, 4.69) is 16.0 Å². The first-order valence-electron chi connectivity index (χ1n) is 8.92. The summed E-state index contributed by atoms with van der Waals surface area (Å²) in [6, 6.07) is 11.6. The maximum Gasteiger partial charge on any atom is 0.315 e. The molecule has 0 aliphatic heterocycles. The molecule has 0 spiro atoms. The standard InChI is InChI=1S/C21H28N4O2/c1-14-9-15(2)20(16(3)10-14)24-19(26)13-23-21(27)22-12-17-7-6-8-18(11-17)25(4)5/h6-11H,12-13H2,1-5H3,(H,24,26)(H2,22,23,27). The fraction of sp³-hybridized carbons (Fsp3) is 0.333. The molecule has 2 aromatic carbocycles. The van der Waals surface area contributed by atoms with Crippen molar-refractivity contribution in [3.63, 3.8) is 0 Å². The Morgan fingerprint density at radius 2 is 1.63 bits per heavy atom. The van der Waals surface area contributed by atoms with Crippen LogP contribution in [0.25, 0.3) is 0 Å². The second kappa shape index (κ2) is 9.07. The Labute approximate surface area is 161 Å². The highest BCUT2D eigenvalue weighted by Gasteiger charge is 2.10. The monoisotopic (exact) mass is 368 g/mol. The number of nitrogens with zero attached hydrogens (tertiary/aromatic N) is 1. The lowest BCUT2D eigenvalue weighted by Gasteiger charge is -2.14. The molecule has 0 aromatic heterocycles. The maximum absolute atomic E-state index is 12.1. The first-order chi connectivity index (χ1) is 12.8. The zero-order chi connectivity index (χ0) is 20.0. The Morgan fingerprint density at radius 3 is 2.26 bits per heavy atom. The summed E-state index contributed by atoms with van der Waals surface area (Å²) in [5.41, 5.74) is 6.02. The van der Waals surface area contributed by atoms with Crippen LogP contribution in [-0.2, 0) is 11.3 Å². The first-order valence-corrected chi connectivity index (χ1v) is 8.92. The van der Waals surface area contributed by atoms with Crippen LogP contribution in [0.15, 0.2) is 36.4 Å². The van der Waals surface area contributed by atoms with E-state index < -0.39 is 0 Å². The molecule has 144 valence electrons. The fourth-order valence-electron chi connectivity index (χ4n) is 2.91. The summed E-state index contributed by atoms with van der Waals surface area (Å²) in [6.45, 7) is 6.24. The number of carbonyl (C=O) groups is 2. The van der Waals surface area contributed by atoms with Crippen molar-refractivity contribution >= 4 is 23.3 Å². The Balaban J connectivity index is 1.82. The Bertz CT molecular complexity index is 808. The van der Waals surface area contributed by atoms with Crippen LogP contribution >= 0.6 is 0 Å². The van der Waals surface area contributed by atoms with Gasteiger partial charge in [0.15, 0.2) is 0 Å². The molecule has 0 fully saturated rings. The number of carbonyl (C=O) groups excluding carboxylic acids is 2. The molecule has 6 nitrogen and oxygen atoms in total. The first kappa shape index (κ1) is 20.3. The molecule has 3 N–H and O–H groups in total. The third kappa shape index (κ3) is 6.02. The van der Waals surface area contributed by atoms with Crippen LogP contribution in [0.2, 0.25) is 0 Å². The van der Waals surface area contributed by atoms with Gasteiger partial charge in [-0.1, -0.05) is 29.8 Å². The quantitative estimate of drug-likeness (QED) is 0.733. The van der Waals surface area contributed by atoms with Crippen LogP contribution in [0.4, 0.5) is 16.2 Å². The van der Waals surface area contributed by atoms with Crippen molar-refractivity contribution in [3.05, 3.63) is 58.7 Å². The molecule has 0 atom stereocenters. The summed E-state index contributed by atoms with van der Waals surface area (Å²) in [6.07, 6.45) is 0. The maximum atomic E-state index is 12.1. The average Bonchev–Trinajstić information content (AvgIpc) is 2.61. The Hall–Kier alpha value is -3.02. The molecule has 0 saturated carbocycles. The van der Waals surface area contributed by atoms with E-state index in [1.807, 2.05) is 76.2 Å². The van der Waals surface area contributed by atoms with Gasteiger partial charge in [0.2, 0.25) is 5.91 Å². The third-order valence-electron chi connectivity index (χ3n) is 4.23. The topological polar surface area (TPSA) is 73.5 Å². The van der Waals surface area contributed by atoms with E-state index in [1.54, 1.807) is 0 Å². The van der Waals surface area contributed by atoms with Crippen LogP contribution in [0, 0.1) is 20.8 Å². The van der Waals surface area contributed by atoms with Crippen molar-refractivity contribution in [3.8, 4) is 0 Å². The molecule has 3 amide bonds. The highest BCUT2D eigenvalue weighted by molar-refractivity contribution is 5.95. The zero-order valence-electron chi connectivity index (χ0n) is 16.6. The zero-order valence-corrected chi connectivity index (χ0v) is 16.6. The minimum absolute atomic E-state index is 0.0870. The molecule has 0 bridgehead atoms. The van der Waals surface area contributed by atoms with Gasteiger partial charge in [0.1, 0.15) is 0 Å². The van der Waals surface area contributed by atoms with Crippen molar-refractivity contribution in [2.24, 2.45) is 0 Å². The number of amides is 3. The average molecular weight is 368 g/mol. The summed E-state index contributed by atoms with van der Waals surface area (Å²) in [5, 5.41) is 8.22. The van der Waals surface area contributed by atoms with Crippen molar-refractivity contribution < 1.29 is 9.59 Å². The minimum Gasteiger partial charge on any atom is -0.378 e. The van der Waals surface area contributed by atoms with Crippen molar-refractivity contribution in [1.82, 2.24) is 10.6 Å². The van der Waals surface area contributed by atoms with Gasteiger partial charge in [-0.15, -0.1) is 0 Å². The number of nitrogens with one attached hydrogen (secondary N) is 3. The molecule has 0 aliphatic carbocycles. The van der Waals surface area contributed by atoms with Crippen LogP contribution in [0.5, 0.6) is 0 Å². The van der Waals surface area contributed by atoms with Gasteiger partial charge in [-0.3, -0.25) is 4.79 Å². The SMILES string of the molecule is Cc1cc(C)c(NC(=O)CNC(=O)NCc2cccc(N(C)C)c2)c(C)c1. The summed E-state index contributed by atoms with van der Waals surface area (Å²) in [4.78, 5) is 26.1. The number of hydrogen-bond donors (Lipinski definition) is 3. The van der Waals surface area contributed by atoms with Gasteiger partial charge in [-0.2, -0.15) is 0 Å². The number of benzene rings is 2. The molecule has 0 unspecified atom stereocenters. The molecular formula is C21H28N4O2. The van der Waals surface area contributed by atoms with E-state index in [0.717, 1.165) is 33.6 Å². The van der Waals surface area contributed by atoms with E-state index in [0.29, 0.717) is 6.54 Å². The van der Waals surface area contributed by atoms with Gasteiger partial charge in [0.25, 0.3) is 0 Å². The van der Waals surface area contributed by atoms with E-state index in [-0.39, 0.29) is 18.5 Å². The van der Waals surface area contributed by atoms with Gasteiger partial charge in [0, 0.05) is 32.0 Å². The van der Waals surface area contributed by atoms with Crippen molar-refractivity contribution in [2.45, 2.75) is 27.3 Å². The third-order valence-corrected chi connectivity index (χ3v) is 4.23. The largest absolute Gasteiger partial charge is 0.378 e. The molecule has 2 rings (SSSR count). The highest BCUT2D eigenvalue weighted by Crippen LogP contribution is 2.21. The van der Waals surface area contributed by atoms with E-state index in [4.69, 9.17) is 0 Å². The summed E-state index contributed by atoms with van der Waals surface area (Å²) in [5.74, 6) is -0.255. The lowest BCUT2D eigenvalue weighted by molar-refractivity contribution is -0.115. The normalized spacial score (nSPS) is 10.3.